The van der Waals surface area contributed by atoms with Crippen LogP contribution in [-0.2, 0) is 78.6 Å². The van der Waals surface area contributed by atoms with Crippen molar-refractivity contribution in [3.05, 3.63) is 209 Å². The quantitative estimate of drug-likeness (QED) is 0.00367. The number of halogens is 9. The molecular formula is C89H120Br3F6K2N5O14. The Morgan fingerprint density at radius 2 is 0.815 bits per heavy atom. The number of aliphatic hydroxyl groups excluding tert-OH is 1. The van der Waals surface area contributed by atoms with Crippen LogP contribution < -0.4 is 136 Å². The minimum atomic E-state index is -5.04. The summed E-state index contributed by atoms with van der Waals surface area (Å²) < 4.78 is 74.5. The molecular weight excluding hydrogens is 1790 g/mol. The molecule has 650 valence electrons. The number of carboxylic acid groups (broad SMARTS) is 1. The van der Waals surface area contributed by atoms with Crippen molar-refractivity contribution < 1.29 is 200 Å². The molecule has 0 bridgehead atoms. The van der Waals surface area contributed by atoms with Crippen molar-refractivity contribution in [1.82, 2.24) is 10.6 Å². The Bertz CT molecular complexity index is 3940. The molecule has 14 N–H and O–H groups in total. The zero-order chi connectivity index (χ0) is 89.5. The summed E-state index contributed by atoms with van der Waals surface area (Å²) >= 11 is 9.91. The molecule has 0 spiro atoms. The number of nitrogens with one attached hydrogen (secondary N) is 2. The number of primary amides is 1. The van der Waals surface area contributed by atoms with Crippen LogP contribution >= 0.6 is 47.8 Å². The fourth-order valence-corrected chi connectivity index (χ4v) is 10.9. The number of carbonyl (C=O) groups is 6. The minimum Gasteiger partial charge on any atom is -1.00 e. The van der Waals surface area contributed by atoms with E-state index >= 15 is 0 Å². The Balaban J connectivity index is -0.000000316. The second kappa shape index (κ2) is 71.3. The third-order valence-corrected chi connectivity index (χ3v) is 18.8. The van der Waals surface area contributed by atoms with Crippen LogP contribution in [0.1, 0.15) is 210 Å². The summed E-state index contributed by atoms with van der Waals surface area (Å²) in [4.78, 5) is 64.2. The van der Waals surface area contributed by atoms with E-state index in [2.05, 4.69) is 133 Å². The van der Waals surface area contributed by atoms with Gasteiger partial charge in [0.1, 0.15) is 16.8 Å². The molecule has 0 heterocycles. The molecule has 119 heavy (non-hydrogen) atoms. The molecule has 0 fully saturated rings. The van der Waals surface area contributed by atoms with Crippen LogP contribution in [0.4, 0.5) is 26.3 Å². The van der Waals surface area contributed by atoms with E-state index < -0.39 is 58.4 Å². The minimum absolute atomic E-state index is 0. The molecule has 6 rings (SSSR count). The molecule has 0 atom stereocenters. The SMILES string of the molecule is C#CC(O)(CC)CC.CCC(O)(C#Cc1cccc(CCCN)c1)CC.CCC(O)(C#Cc1cccc(CCCNC(=O)C(F)(F)F)c1)CC.CCC(O)(CC)CCc1cccc(CCCN)c1.CCO.NC(=O)CCc1cccc(Br)c1.O=C(CCc1cccc(Br)c1)NC(=O)C(F)(F)F.O=C(O)CCc1cccc(Br)c1.O=CO[O-].[H-].[K+].[K+]. The molecule has 0 radical (unpaired) electrons. The fraction of sp³-hybridized carbons (Fsp3) is 0.461. The van der Waals surface area contributed by atoms with Gasteiger partial charge in [0.05, 0.1) is 5.60 Å². The van der Waals surface area contributed by atoms with E-state index in [-0.39, 0.29) is 149 Å². The topological polar surface area (TPSA) is 358 Å². The van der Waals surface area contributed by atoms with Gasteiger partial charge in [-0.3, -0.25) is 34.1 Å². The van der Waals surface area contributed by atoms with Crippen molar-refractivity contribution in [1.29, 1.82) is 0 Å². The third-order valence-electron chi connectivity index (χ3n) is 17.4. The van der Waals surface area contributed by atoms with E-state index in [1.807, 2.05) is 132 Å². The molecule has 0 aromatic heterocycles. The van der Waals surface area contributed by atoms with Gasteiger partial charge in [-0.1, -0.05) is 218 Å². The van der Waals surface area contributed by atoms with Crippen LogP contribution in [0.2, 0.25) is 0 Å². The number of carboxylic acids is 1. The summed E-state index contributed by atoms with van der Waals surface area (Å²) in [5, 5.41) is 67.3. The monoisotopic (exact) mass is 1910 g/mol. The second-order valence-electron chi connectivity index (χ2n) is 26.3. The number of aliphatic carboxylic acids is 1. The number of alkyl halides is 6. The standard InChI is InChI=1S/C18H22F3NO2.C16H27NO.C16H23NO.C11H9BrF3NO2.C9H10BrNO.C9H9BrO2.C7H12O.C2H6O.CH2O3.2K.H/c1-3-17(24,4-2)11-10-15-8-5-7-14(13-15)9-6-12-22-16(23)18(19,20)21;2*1-3-16(18,4-2)11-10-15-8-5-7-14(13-15)9-6-12-17;12-8-3-1-2-7(6-8)4-5-9(17)16-10(18)11(13,14)15;2*10-8-3-1-2-7(6-8)4-5-9(11)12;1-4-7(8,5-2)6-3;1-2-3;2-1-4-3;;;/h5,7-8,13,24H,3-4,6,9,12H2,1-2H3,(H,22,23);5,7-8,13,18H,3-4,6,9-12,17H2,1-2H3;5,7-8,13,18H,3-4,6,9,12,17H2,1-2H3;1-3,6H,4-5H2,(H,16,17,18);1-3,6H,4-5H2,(H2,11,12);1-3,6H,4-5H2,(H,11,12);1,8H,5-6H2,2-3H3;3H,2H2,1H3;1,3H;;;/q;;;;;;;;;2*+1;-1/p-1. The number of hydrogen-bond acceptors (Lipinski definition) is 15. The van der Waals surface area contributed by atoms with Crippen LogP contribution in [0.3, 0.4) is 0 Å². The number of nitrogens with two attached hydrogens (primary N) is 3. The summed E-state index contributed by atoms with van der Waals surface area (Å²) in [5.41, 5.74) is 22.4. The van der Waals surface area contributed by atoms with Crippen LogP contribution in [0.25, 0.3) is 0 Å². The van der Waals surface area contributed by atoms with E-state index in [1.165, 1.54) is 22.0 Å². The second-order valence-corrected chi connectivity index (χ2v) is 29.0. The van der Waals surface area contributed by atoms with Gasteiger partial charge in [0.15, 0.2) is 0 Å². The number of aryl methyl sites for hydroxylation is 7. The number of imide groups is 1. The molecule has 0 unspecified atom stereocenters. The average Bonchev–Trinajstić information content (AvgIpc) is 0.871. The van der Waals surface area contributed by atoms with Gasteiger partial charge in [0, 0.05) is 57.0 Å². The van der Waals surface area contributed by atoms with Crippen molar-refractivity contribution in [2.45, 2.75) is 238 Å². The zero-order valence-electron chi connectivity index (χ0n) is 71.5. The van der Waals surface area contributed by atoms with Gasteiger partial charge in [-0.25, -0.2) is 0 Å². The number of rotatable bonds is 31. The van der Waals surface area contributed by atoms with Gasteiger partial charge in [0.2, 0.25) is 11.8 Å². The first-order valence-electron chi connectivity index (χ1n) is 38.6. The first kappa shape index (κ1) is 123. The Kier molecular flexibility index (Phi) is 73.4. The normalized spacial score (nSPS) is 10.5. The molecule has 0 aliphatic rings. The maximum atomic E-state index is 12.0. The van der Waals surface area contributed by atoms with E-state index in [4.69, 9.17) is 43.9 Å². The molecule has 19 nitrogen and oxygen atoms in total. The predicted octanol–water partition coefficient (Wildman–Crippen LogP) is 9.39. The number of benzene rings is 6. The maximum Gasteiger partial charge on any atom is 1.00 e. The summed E-state index contributed by atoms with van der Waals surface area (Å²) in [6, 6.07) is 46.7. The van der Waals surface area contributed by atoms with Crippen LogP contribution in [0.15, 0.2) is 159 Å². The van der Waals surface area contributed by atoms with Gasteiger partial charge < -0.3 is 64.7 Å². The summed E-state index contributed by atoms with van der Waals surface area (Å²) in [6.07, 6.45) is 9.25. The Morgan fingerprint density at radius 3 is 1.12 bits per heavy atom. The molecule has 0 saturated carbocycles. The number of carbonyl (C=O) groups excluding carboxylic acids is 5. The van der Waals surface area contributed by atoms with Gasteiger partial charge in [0.25, 0.3) is 6.47 Å². The number of hydrogen-bond donors (Lipinski definition) is 11. The largest absolute Gasteiger partial charge is 1.00 e. The van der Waals surface area contributed by atoms with Crippen molar-refractivity contribution in [2.24, 2.45) is 17.2 Å². The van der Waals surface area contributed by atoms with Crippen LogP contribution in [0, 0.1) is 36.0 Å². The fourth-order valence-electron chi connectivity index (χ4n) is 9.54. The summed E-state index contributed by atoms with van der Waals surface area (Å²) in [7, 11) is 0. The number of aliphatic hydroxyl groups is 5. The predicted molar refractivity (Wildman–Crippen MR) is 459 cm³/mol. The van der Waals surface area contributed by atoms with Crippen molar-refractivity contribution >= 4 is 83.9 Å². The van der Waals surface area contributed by atoms with E-state index in [1.54, 1.807) is 31.2 Å². The Labute approximate surface area is 812 Å². The van der Waals surface area contributed by atoms with Gasteiger partial charge in [-0.2, -0.15) is 26.3 Å². The van der Waals surface area contributed by atoms with Gasteiger partial charge in [-0.15, -0.1) is 6.42 Å². The Morgan fingerprint density at radius 1 is 0.496 bits per heavy atom. The first-order chi connectivity index (χ1) is 55.1. The van der Waals surface area contributed by atoms with E-state index in [0.717, 1.165) is 111 Å². The van der Waals surface area contributed by atoms with Crippen LogP contribution in [0.5, 0.6) is 0 Å². The number of amides is 4. The van der Waals surface area contributed by atoms with Crippen molar-refractivity contribution in [3.8, 4) is 36.0 Å². The van der Waals surface area contributed by atoms with E-state index in [9.17, 15) is 70.7 Å². The molecule has 30 heteroatoms. The van der Waals surface area contributed by atoms with E-state index in [0.29, 0.717) is 70.8 Å². The average molecular weight is 1920 g/mol. The third kappa shape index (κ3) is 64.4. The molecule has 6 aromatic carbocycles. The summed E-state index contributed by atoms with van der Waals surface area (Å²) in [6.45, 7) is 18.7. The Hall–Kier alpha value is -5.01. The molecule has 0 aliphatic heterocycles. The van der Waals surface area contributed by atoms with Crippen molar-refractivity contribution in [3.63, 3.8) is 0 Å². The number of terminal acetylenes is 1. The van der Waals surface area contributed by atoms with Gasteiger partial charge in [-0.05, 0) is 242 Å². The van der Waals surface area contributed by atoms with Crippen molar-refractivity contribution in [2.75, 3.05) is 26.2 Å². The molecule has 0 saturated heterocycles. The maximum absolute atomic E-state index is 12.0. The zero-order valence-corrected chi connectivity index (χ0v) is 81.5. The molecule has 0 aliphatic carbocycles. The summed E-state index contributed by atoms with van der Waals surface area (Å²) in [5.74, 6) is 8.07. The van der Waals surface area contributed by atoms with Gasteiger partial charge >= 0.3 is 133 Å². The smallest absolute Gasteiger partial charge is 1.00 e. The first-order valence-corrected chi connectivity index (χ1v) is 40.9. The molecule has 6 aromatic rings. The molecule has 4 amide bonds. The van der Waals surface area contributed by atoms with Crippen LogP contribution in [-0.4, -0.2) is 128 Å².